The van der Waals surface area contributed by atoms with Crippen LogP contribution < -0.4 is 14.4 Å². The van der Waals surface area contributed by atoms with E-state index in [1.807, 2.05) is 0 Å². The molecule has 0 heterocycles. The number of anilines is 2. The van der Waals surface area contributed by atoms with E-state index in [1.54, 1.807) is 37.3 Å². The molecule has 1 amide bonds. The highest BCUT2D eigenvalue weighted by atomic mass is 35.5. The molecule has 0 aliphatic heterocycles. The highest BCUT2D eigenvalue weighted by Gasteiger charge is 2.21. The van der Waals surface area contributed by atoms with Crippen molar-refractivity contribution in [3.63, 3.8) is 0 Å². The Morgan fingerprint density at radius 2 is 1.73 bits per heavy atom. The number of nitrogens with zero attached hydrogens (tertiary/aromatic N) is 1. The number of carbonyl (C=O) groups excluding carboxylic acids is 1. The molecule has 174 valence electrons. The fourth-order valence-corrected chi connectivity index (χ4v) is 4.26. The van der Waals surface area contributed by atoms with Crippen LogP contribution in [0.25, 0.3) is 0 Å². The van der Waals surface area contributed by atoms with Gasteiger partial charge in [0.05, 0.1) is 35.1 Å². The van der Waals surface area contributed by atoms with Gasteiger partial charge in [0.2, 0.25) is 10.0 Å². The molecule has 0 saturated carbocycles. The van der Waals surface area contributed by atoms with Gasteiger partial charge in [-0.25, -0.2) is 12.8 Å². The summed E-state index contributed by atoms with van der Waals surface area (Å²) in [5.74, 6) is -0.479. The summed E-state index contributed by atoms with van der Waals surface area (Å²) in [6, 6.07) is 14.5. The van der Waals surface area contributed by atoms with Gasteiger partial charge in [-0.15, -0.1) is 0 Å². The lowest BCUT2D eigenvalue weighted by Crippen LogP contribution is -2.29. The topological polar surface area (TPSA) is 75.7 Å². The number of halogens is 3. The van der Waals surface area contributed by atoms with Crippen LogP contribution in [0, 0.1) is 5.82 Å². The van der Waals surface area contributed by atoms with E-state index < -0.39 is 21.7 Å². The lowest BCUT2D eigenvalue weighted by molar-refractivity contribution is 0.102. The van der Waals surface area contributed by atoms with Crippen molar-refractivity contribution in [1.82, 2.24) is 0 Å². The lowest BCUT2D eigenvalue weighted by atomic mass is 10.1. The molecule has 0 saturated heterocycles. The van der Waals surface area contributed by atoms with Gasteiger partial charge in [0.15, 0.2) is 0 Å². The third kappa shape index (κ3) is 6.37. The Balaban J connectivity index is 1.95. The smallest absolute Gasteiger partial charge is 0.255 e. The summed E-state index contributed by atoms with van der Waals surface area (Å²) in [5.41, 5.74) is 1.49. The van der Waals surface area contributed by atoms with Gasteiger partial charge in [-0.2, -0.15) is 0 Å². The molecule has 0 aliphatic carbocycles. The molecule has 3 aromatic carbocycles. The molecule has 0 spiro atoms. The van der Waals surface area contributed by atoms with E-state index in [9.17, 15) is 17.6 Å². The van der Waals surface area contributed by atoms with E-state index in [1.165, 1.54) is 30.3 Å². The predicted octanol–water partition coefficient (Wildman–Crippen LogP) is 5.75. The Morgan fingerprint density at radius 3 is 2.33 bits per heavy atom. The maximum absolute atomic E-state index is 13.4. The zero-order chi connectivity index (χ0) is 24.2. The van der Waals surface area contributed by atoms with Crippen molar-refractivity contribution in [2.45, 2.75) is 13.5 Å². The molecule has 3 rings (SSSR count). The van der Waals surface area contributed by atoms with Crippen LogP contribution in [0.15, 0.2) is 60.7 Å². The van der Waals surface area contributed by atoms with Gasteiger partial charge < -0.3 is 10.1 Å². The molecule has 6 nitrogen and oxygen atoms in total. The van der Waals surface area contributed by atoms with E-state index in [0.29, 0.717) is 33.7 Å². The van der Waals surface area contributed by atoms with Gasteiger partial charge in [0.25, 0.3) is 5.91 Å². The quantitative estimate of drug-likeness (QED) is 0.418. The molecule has 3 aromatic rings. The second-order valence-corrected chi connectivity index (χ2v) is 9.81. The van der Waals surface area contributed by atoms with E-state index in [4.69, 9.17) is 27.9 Å². The van der Waals surface area contributed by atoms with Crippen LogP contribution in [-0.4, -0.2) is 27.2 Å². The van der Waals surface area contributed by atoms with Crippen molar-refractivity contribution in [3.05, 3.63) is 87.7 Å². The maximum Gasteiger partial charge on any atom is 0.255 e. The van der Waals surface area contributed by atoms with Gasteiger partial charge in [-0.05, 0) is 67.6 Å². The van der Waals surface area contributed by atoms with Gasteiger partial charge >= 0.3 is 0 Å². The normalized spacial score (nSPS) is 11.2. The molecular formula is C23H21Cl2FN2O4S. The molecule has 0 aromatic heterocycles. The van der Waals surface area contributed by atoms with Crippen LogP contribution in [0.2, 0.25) is 10.0 Å². The number of rotatable bonds is 8. The molecular weight excluding hydrogens is 490 g/mol. The van der Waals surface area contributed by atoms with Crippen LogP contribution in [0.4, 0.5) is 15.8 Å². The van der Waals surface area contributed by atoms with Gasteiger partial charge in [-0.1, -0.05) is 23.2 Å². The van der Waals surface area contributed by atoms with Crippen LogP contribution >= 0.6 is 23.2 Å². The van der Waals surface area contributed by atoms with Crippen molar-refractivity contribution in [2.75, 3.05) is 22.5 Å². The molecule has 0 radical (unpaired) electrons. The maximum atomic E-state index is 13.4. The van der Waals surface area contributed by atoms with Crippen LogP contribution in [-0.2, 0) is 16.6 Å². The number of carbonyl (C=O) groups is 1. The van der Waals surface area contributed by atoms with E-state index in [-0.39, 0.29) is 17.8 Å². The Kier molecular flexibility index (Phi) is 7.84. The first-order chi connectivity index (χ1) is 15.6. The van der Waals surface area contributed by atoms with Gasteiger partial charge in [0.1, 0.15) is 11.6 Å². The zero-order valence-corrected chi connectivity index (χ0v) is 20.1. The largest absolute Gasteiger partial charge is 0.494 e. The number of sulfonamides is 1. The highest BCUT2D eigenvalue weighted by Crippen LogP contribution is 2.28. The summed E-state index contributed by atoms with van der Waals surface area (Å²) >= 11 is 11.9. The molecule has 0 fully saturated rings. The Labute approximate surface area is 201 Å². The highest BCUT2D eigenvalue weighted by molar-refractivity contribution is 7.92. The predicted molar refractivity (Wildman–Crippen MR) is 129 cm³/mol. The molecule has 10 heteroatoms. The molecule has 1 N–H and O–H groups in total. The fourth-order valence-electron chi connectivity index (χ4n) is 3.08. The zero-order valence-electron chi connectivity index (χ0n) is 17.8. The molecule has 0 bridgehead atoms. The minimum Gasteiger partial charge on any atom is -0.494 e. The summed E-state index contributed by atoms with van der Waals surface area (Å²) in [6.45, 7) is 2.02. The average molecular weight is 511 g/mol. The van der Waals surface area contributed by atoms with Gasteiger partial charge in [0, 0.05) is 16.8 Å². The molecule has 0 unspecified atom stereocenters. The second kappa shape index (κ2) is 10.4. The molecule has 33 heavy (non-hydrogen) atoms. The SMILES string of the molecule is CCOc1ccc(C(=O)Nc2ccc(Cl)c(Cl)c2)cc1CN(c1ccc(F)cc1)S(C)(=O)=O. The number of benzene rings is 3. The summed E-state index contributed by atoms with van der Waals surface area (Å²) in [4.78, 5) is 12.8. The van der Waals surface area contributed by atoms with Crippen molar-refractivity contribution < 1.29 is 22.3 Å². The third-order valence-electron chi connectivity index (χ3n) is 4.63. The Hall–Kier alpha value is -2.81. The average Bonchev–Trinajstić information content (AvgIpc) is 2.75. The van der Waals surface area contributed by atoms with E-state index in [0.717, 1.165) is 10.6 Å². The van der Waals surface area contributed by atoms with Crippen molar-refractivity contribution in [3.8, 4) is 5.75 Å². The van der Waals surface area contributed by atoms with Crippen LogP contribution in [0.3, 0.4) is 0 Å². The third-order valence-corrected chi connectivity index (χ3v) is 6.51. The van der Waals surface area contributed by atoms with Crippen molar-refractivity contribution in [2.24, 2.45) is 0 Å². The first-order valence-corrected chi connectivity index (χ1v) is 12.4. The van der Waals surface area contributed by atoms with E-state index >= 15 is 0 Å². The summed E-state index contributed by atoms with van der Waals surface area (Å²) < 4.78 is 45.1. The monoisotopic (exact) mass is 510 g/mol. The summed E-state index contributed by atoms with van der Waals surface area (Å²) in [5, 5.41) is 3.39. The minimum atomic E-state index is -3.72. The van der Waals surface area contributed by atoms with Crippen molar-refractivity contribution in [1.29, 1.82) is 0 Å². The molecule has 0 aliphatic rings. The molecule has 0 atom stereocenters. The van der Waals surface area contributed by atoms with E-state index in [2.05, 4.69) is 5.32 Å². The Morgan fingerprint density at radius 1 is 1.03 bits per heavy atom. The number of hydrogen-bond acceptors (Lipinski definition) is 4. The fraction of sp³-hybridized carbons (Fsp3) is 0.174. The first kappa shape index (κ1) is 24.8. The number of amides is 1. The van der Waals surface area contributed by atoms with Gasteiger partial charge in [-0.3, -0.25) is 9.10 Å². The number of hydrogen-bond donors (Lipinski definition) is 1. The lowest BCUT2D eigenvalue weighted by Gasteiger charge is -2.24. The van der Waals surface area contributed by atoms with Crippen molar-refractivity contribution >= 4 is 50.5 Å². The van der Waals surface area contributed by atoms with Crippen LogP contribution in [0.5, 0.6) is 5.75 Å². The van der Waals surface area contributed by atoms with Crippen LogP contribution in [0.1, 0.15) is 22.8 Å². The summed E-state index contributed by atoms with van der Waals surface area (Å²) in [7, 11) is -3.72. The minimum absolute atomic E-state index is 0.117. The number of ether oxygens (including phenoxy) is 1. The Bertz CT molecular complexity index is 1270. The second-order valence-electron chi connectivity index (χ2n) is 7.08. The first-order valence-electron chi connectivity index (χ1n) is 9.84. The number of nitrogens with one attached hydrogen (secondary N) is 1. The standard InChI is InChI=1S/C23H21Cl2FN2O4S/c1-3-32-22-11-4-15(23(29)27-18-7-10-20(24)21(25)13-18)12-16(22)14-28(33(2,30)31)19-8-5-17(26)6-9-19/h4-13H,3,14H2,1-2H3,(H,27,29). The summed E-state index contributed by atoms with van der Waals surface area (Å²) in [6.07, 6.45) is 1.05.